The zero-order valence-electron chi connectivity index (χ0n) is 12.6. The number of hydrogen-bond acceptors (Lipinski definition) is 3. The Labute approximate surface area is 124 Å². The molecule has 0 fully saturated rings. The summed E-state index contributed by atoms with van der Waals surface area (Å²) in [7, 11) is -1.43. The standard InChI is InChI=1S/C16H26O3Si/c1-4-15-9-11-16(12-10-15)17-13-7-8-14-20(18-5-2)19-6-3/h4,9-12,20H,1,5-8,13-14H2,2-3H3. The molecule has 0 radical (unpaired) electrons. The van der Waals surface area contributed by atoms with Crippen LogP contribution in [0.3, 0.4) is 0 Å². The van der Waals surface area contributed by atoms with Crippen molar-refractivity contribution in [3.63, 3.8) is 0 Å². The van der Waals surface area contributed by atoms with Crippen molar-refractivity contribution in [3.05, 3.63) is 36.4 Å². The van der Waals surface area contributed by atoms with Crippen molar-refractivity contribution >= 4 is 15.4 Å². The van der Waals surface area contributed by atoms with Crippen LogP contribution in [0.4, 0.5) is 0 Å². The van der Waals surface area contributed by atoms with Gasteiger partial charge in [0.05, 0.1) is 6.61 Å². The fraction of sp³-hybridized carbons (Fsp3) is 0.500. The predicted octanol–water partition coefficient (Wildman–Crippen LogP) is 3.78. The first-order valence-corrected chi connectivity index (χ1v) is 9.14. The molecule has 0 aromatic heterocycles. The van der Waals surface area contributed by atoms with Crippen molar-refractivity contribution in [2.45, 2.75) is 32.7 Å². The van der Waals surface area contributed by atoms with Crippen molar-refractivity contribution < 1.29 is 13.6 Å². The van der Waals surface area contributed by atoms with Crippen molar-refractivity contribution in [3.8, 4) is 5.75 Å². The van der Waals surface area contributed by atoms with Crippen molar-refractivity contribution in [2.24, 2.45) is 0 Å². The number of rotatable bonds is 11. The van der Waals surface area contributed by atoms with Crippen molar-refractivity contribution in [2.75, 3.05) is 19.8 Å². The van der Waals surface area contributed by atoms with Gasteiger partial charge < -0.3 is 13.6 Å². The maximum atomic E-state index is 5.71. The summed E-state index contributed by atoms with van der Waals surface area (Å²) in [6, 6.07) is 9.04. The fourth-order valence-electron chi connectivity index (χ4n) is 1.89. The van der Waals surface area contributed by atoms with E-state index in [0.29, 0.717) is 0 Å². The second-order valence-electron chi connectivity index (χ2n) is 4.46. The lowest BCUT2D eigenvalue weighted by Gasteiger charge is -2.14. The molecule has 0 amide bonds. The van der Waals surface area contributed by atoms with E-state index in [0.717, 1.165) is 50.0 Å². The molecule has 20 heavy (non-hydrogen) atoms. The van der Waals surface area contributed by atoms with Crippen LogP contribution >= 0.6 is 0 Å². The Bertz CT molecular complexity index is 358. The molecule has 0 aliphatic rings. The lowest BCUT2D eigenvalue weighted by molar-refractivity contribution is 0.211. The third-order valence-corrected chi connectivity index (χ3v) is 5.21. The van der Waals surface area contributed by atoms with E-state index < -0.39 is 9.28 Å². The molecule has 1 aromatic carbocycles. The maximum absolute atomic E-state index is 5.71. The highest BCUT2D eigenvalue weighted by atomic mass is 28.3. The minimum absolute atomic E-state index is 0.743. The van der Waals surface area contributed by atoms with Gasteiger partial charge in [-0.15, -0.1) is 0 Å². The Kier molecular flexibility index (Phi) is 9.03. The number of unbranched alkanes of at least 4 members (excludes halogenated alkanes) is 1. The smallest absolute Gasteiger partial charge is 0.321 e. The summed E-state index contributed by atoms with van der Waals surface area (Å²) in [6.45, 7) is 10.0. The van der Waals surface area contributed by atoms with Gasteiger partial charge in [-0.25, -0.2) is 0 Å². The topological polar surface area (TPSA) is 27.7 Å². The van der Waals surface area contributed by atoms with Crippen LogP contribution in [0, 0.1) is 0 Å². The van der Waals surface area contributed by atoms with Crippen LogP contribution < -0.4 is 4.74 Å². The summed E-state index contributed by atoms with van der Waals surface area (Å²) in [5.74, 6) is 0.916. The number of benzene rings is 1. The van der Waals surface area contributed by atoms with Gasteiger partial charge in [0.2, 0.25) is 0 Å². The van der Waals surface area contributed by atoms with Gasteiger partial charge in [0.25, 0.3) is 0 Å². The molecular weight excluding hydrogens is 268 g/mol. The van der Waals surface area contributed by atoms with Gasteiger partial charge in [0.15, 0.2) is 0 Å². The quantitative estimate of drug-likeness (QED) is 0.459. The predicted molar refractivity (Wildman–Crippen MR) is 86.5 cm³/mol. The second kappa shape index (κ2) is 10.7. The van der Waals surface area contributed by atoms with Crippen molar-refractivity contribution in [1.82, 2.24) is 0 Å². The maximum Gasteiger partial charge on any atom is 0.321 e. The molecule has 112 valence electrons. The summed E-state index contributed by atoms with van der Waals surface area (Å²) >= 11 is 0. The van der Waals surface area contributed by atoms with E-state index in [4.69, 9.17) is 13.6 Å². The molecule has 0 saturated heterocycles. The minimum Gasteiger partial charge on any atom is -0.494 e. The first-order chi connectivity index (χ1) is 9.80. The van der Waals surface area contributed by atoms with Gasteiger partial charge in [-0.05, 0) is 50.4 Å². The molecule has 0 aliphatic heterocycles. The molecule has 1 aromatic rings. The van der Waals surface area contributed by atoms with Gasteiger partial charge in [-0.3, -0.25) is 0 Å². The number of ether oxygens (including phenoxy) is 1. The highest BCUT2D eigenvalue weighted by molar-refractivity contribution is 6.44. The van der Waals surface area contributed by atoms with Gasteiger partial charge >= 0.3 is 9.28 Å². The summed E-state index contributed by atoms with van der Waals surface area (Å²) in [5, 5.41) is 0. The Morgan fingerprint density at radius 2 is 1.70 bits per heavy atom. The normalized spacial score (nSPS) is 10.8. The Balaban J connectivity index is 2.15. The van der Waals surface area contributed by atoms with Gasteiger partial charge in [-0.2, -0.15) is 0 Å². The summed E-state index contributed by atoms with van der Waals surface area (Å²) in [5.41, 5.74) is 1.11. The Morgan fingerprint density at radius 3 is 2.25 bits per heavy atom. The molecule has 0 N–H and O–H groups in total. The van der Waals surface area contributed by atoms with E-state index >= 15 is 0 Å². The monoisotopic (exact) mass is 294 g/mol. The summed E-state index contributed by atoms with van der Waals surface area (Å²) < 4.78 is 17.0. The fourth-order valence-corrected chi connectivity index (χ4v) is 3.68. The van der Waals surface area contributed by atoms with E-state index in [1.807, 2.05) is 44.2 Å². The van der Waals surface area contributed by atoms with Crippen molar-refractivity contribution in [1.29, 1.82) is 0 Å². The first kappa shape index (κ1) is 16.9. The summed E-state index contributed by atoms with van der Waals surface area (Å²) in [6.07, 6.45) is 3.96. The highest BCUT2D eigenvalue weighted by Crippen LogP contribution is 2.13. The second-order valence-corrected chi connectivity index (χ2v) is 6.56. The average Bonchev–Trinajstić information content (AvgIpc) is 2.48. The van der Waals surface area contributed by atoms with E-state index in [2.05, 4.69) is 6.58 Å². The molecule has 0 bridgehead atoms. The largest absolute Gasteiger partial charge is 0.494 e. The molecule has 0 heterocycles. The van der Waals surface area contributed by atoms with Crippen LogP contribution in [0.1, 0.15) is 32.3 Å². The molecule has 0 spiro atoms. The Hall–Kier alpha value is -1.10. The average molecular weight is 294 g/mol. The highest BCUT2D eigenvalue weighted by Gasteiger charge is 2.11. The van der Waals surface area contributed by atoms with Crippen LogP contribution in [-0.4, -0.2) is 29.1 Å². The van der Waals surface area contributed by atoms with Crippen LogP contribution in [-0.2, 0) is 8.85 Å². The third kappa shape index (κ3) is 6.89. The molecule has 0 aliphatic carbocycles. The van der Waals surface area contributed by atoms with Gasteiger partial charge in [0.1, 0.15) is 5.75 Å². The molecule has 0 atom stereocenters. The van der Waals surface area contributed by atoms with Gasteiger partial charge in [0, 0.05) is 13.2 Å². The van der Waals surface area contributed by atoms with E-state index in [1.54, 1.807) is 0 Å². The minimum atomic E-state index is -1.43. The van der Waals surface area contributed by atoms with Crippen LogP contribution in [0.25, 0.3) is 6.08 Å². The Morgan fingerprint density at radius 1 is 1.05 bits per heavy atom. The third-order valence-electron chi connectivity index (χ3n) is 2.92. The zero-order chi connectivity index (χ0) is 14.6. The summed E-state index contributed by atoms with van der Waals surface area (Å²) in [4.78, 5) is 0. The first-order valence-electron chi connectivity index (χ1n) is 7.38. The van der Waals surface area contributed by atoms with E-state index in [-0.39, 0.29) is 0 Å². The lowest BCUT2D eigenvalue weighted by Crippen LogP contribution is -2.22. The molecule has 1 rings (SSSR count). The molecule has 0 saturated carbocycles. The number of hydrogen-bond donors (Lipinski definition) is 0. The molecule has 0 unspecified atom stereocenters. The van der Waals surface area contributed by atoms with E-state index in [1.165, 1.54) is 0 Å². The van der Waals surface area contributed by atoms with E-state index in [9.17, 15) is 0 Å². The van der Waals surface area contributed by atoms with Crippen LogP contribution in [0.5, 0.6) is 5.75 Å². The van der Waals surface area contributed by atoms with Gasteiger partial charge in [-0.1, -0.05) is 24.8 Å². The van der Waals surface area contributed by atoms with Crippen LogP contribution in [0.15, 0.2) is 30.8 Å². The molecule has 3 nitrogen and oxygen atoms in total. The van der Waals surface area contributed by atoms with Crippen LogP contribution in [0.2, 0.25) is 6.04 Å². The zero-order valence-corrected chi connectivity index (χ0v) is 13.8. The molecule has 4 heteroatoms. The lowest BCUT2D eigenvalue weighted by atomic mass is 10.2. The SMILES string of the molecule is C=Cc1ccc(OCCCC[SiH](OCC)OCC)cc1. The molecular formula is C16H26O3Si.